The second kappa shape index (κ2) is 14.6. The molecule has 0 nitrogen and oxygen atoms in total. The van der Waals surface area contributed by atoms with Crippen LogP contribution in [0.15, 0.2) is 48.5 Å². The molecule has 3 aromatic rings. The van der Waals surface area contributed by atoms with Gasteiger partial charge in [0.05, 0.1) is 7.57 Å². The first-order chi connectivity index (χ1) is 14.2. The predicted molar refractivity (Wildman–Crippen MR) is 147 cm³/mol. The number of rotatable bonds is 1. The Bertz CT molecular complexity index is 831. The third-order valence-electron chi connectivity index (χ3n) is 5.46. The smallest absolute Gasteiger partial charge is 0.0996 e. The van der Waals surface area contributed by atoms with E-state index >= 15 is 0 Å². The molecule has 0 heterocycles. The predicted octanol–water partition coefficient (Wildman–Crippen LogP) is 7.94. The van der Waals surface area contributed by atoms with Gasteiger partial charge in [0, 0.05) is 0 Å². The Balaban J connectivity index is 0.000000518. The van der Waals surface area contributed by atoms with Crippen LogP contribution < -0.4 is 0 Å². The van der Waals surface area contributed by atoms with Crippen LogP contribution in [0.5, 0.6) is 0 Å². The van der Waals surface area contributed by atoms with Crippen molar-refractivity contribution in [1.82, 2.24) is 0 Å². The molecule has 2 unspecified atom stereocenters. The molecule has 0 amide bonds. The van der Waals surface area contributed by atoms with E-state index in [1.165, 1.54) is 55.6 Å². The highest BCUT2D eigenvalue weighted by Gasteiger charge is 2.01. The zero-order valence-corrected chi connectivity index (χ0v) is 22.7. The SMILES string of the molecule is CP.Cc1cc(C)c(C)cc1C.Cc1ccc(-c2ccc(C)c(C)c2)cc1C.[B]P. The van der Waals surface area contributed by atoms with Crippen LogP contribution in [0.25, 0.3) is 11.1 Å². The van der Waals surface area contributed by atoms with Crippen molar-refractivity contribution in [1.29, 1.82) is 0 Å². The first-order valence-corrected chi connectivity index (χ1v) is 12.1. The molecule has 2 radical (unpaired) electrons. The summed E-state index contributed by atoms with van der Waals surface area (Å²) in [5, 5.41) is 0. The fourth-order valence-corrected chi connectivity index (χ4v) is 2.95. The minimum atomic E-state index is 1.31. The van der Waals surface area contributed by atoms with Crippen molar-refractivity contribution in [3.63, 3.8) is 0 Å². The van der Waals surface area contributed by atoms with E-state index in [1.807, 2.05) is 15.8 Å². The van der Waals surface area contributed by atoms with E-state index < -0.39 is 0 Å². The van der Waals surface area contributed by atoms with Crippen LogP contribution in [-0.2, 0) is 0 Å². The summed E-state index contributed by atoms with van der Waals surface area (Å²) >= 11 is 0. The van der Waals surface area contributed by atoms with Gasteiger partial charge in [-0.2, -0.15) is 9.12 Å². The summed E-state index contributed by atoms with van der Waals surface area (Å²) in [4.78, 5) is 0. The van der Waals surface area contributed by atoms with Crippen molar-refractivity contribution in [3.05, 3.63) is 93.0 Å². The van der Waals surface area contributed by atoms with Crippen molar-refractivity contribution in [2.45, 2.75) is 55.4 Å². The fourth-order valence-electron chi connectivity index (χ4n) is 2.95. The van der Waals surface area contributed by atoms with Crippen LogP contribution in [0, 0.1) is 55.4 Å². The van der Waals surface area contributed by atoms with Crippen molar-refractivity contribution < 1.29 is 0 Å². The quantitative estimate of drug-likeness (QED) is 0.268. The molecule has 0 aliphatic rings. The summed E-state index contributed by atoms with van der Waals surface area (Å²) in [7, 11) is 8.75. The molecule has 3 aromatic carbocycles. The molecule has 0 saturated carbocycles. The van der Waals surface area contributed by atoms with E-state index in [0.717, 1.165) is 0 Å². The fraction of sp³-hybridized carbons (Fsp3) is 0.333. The third-order valence-corrected chi connectivity index (χ3v) is 5.46. The molecule has 30 heavy (non-hydrogen) atoms. The molecule has 0 N–H and O–H groups in total. The molecule has 2 atom stereocenters. The molecular formula is C27H39BP2. The van der Waals surface area contributed by atoms with E-state index in [0.29, 0.717) is 0 Å². The molecule has 0 saturated heterocycles. The van der Waals surface area contributed by atoms with E-state index in [4.69, 9.17) is 0 Å². The normalized spacial score (nSPS) is 9.30. The van der Waals surface area contributed by atoms with Crippen LogP contribution in [0.2, 0.25) is 0 Å². The highest BCUT2D eigenvalue weighted by Crippen LogP contribution is 2.24. The Morgan fingerprint density at radius 1 is 0.400 bits per heavy atom. The van der Waals surface area contributed by atoms with Crippen molar-refractivity contribution >= 4 is 25.9 Å². The maximum Gasteiger partial charge on any atom is 0.0996 e. The molecular weight excluding hydrogens is 397 g/mol. The Labute approximate surface area is 192 Å². The van der Waals surface area contributed by atoms with Gasteiger partial charge in [0.1, 0.15) is 0 Å². The zero-order chi connectivity index (χ0) is 23.4. The summed E-state index contributed by atoms with van der Waals surface area (Å²) in [6.07, 6.45) is 0. The van der Waals surface area contributed by atoms with Gasteiger partial charge in [0.2, 0.25) is 0 Å². The van der Waals surface area contributed by atoms with E-state index in [2.05, 4.69) is 121 Å². The maximum atomic E-state index is 4.42. The van der Waals surface area contributed by atoms with E-state index in [-0.39, 0.29) is 0 Å². The molecule has 0 aliphatic carbocycles. The Kier molecular flexibility index (Phi) is 13.9. The van der Waals surface area contributed by atoms with Crippen LogP contribution in [0.4, 0.5) is 0 Å². The lowest BCUT2D eigenvalue weighted by Crippen LogP contribution is -1.86. The first kappa shape index (κ1) is 28.6. The van der Waals surface area contributed by atoms with Gasteiger partial charge in [-0.1, -0.05) is 55.2 Å². The number of hydrogen-bond donors (Lipinski definition) is 0. The van der Waals surface area contributed by atoms with Gasteiger partial charge in [-0.15, -0.1) is 9.24 Å². The lowest BCUT2D eigenvalue weighted by atomic mass is 9.98. The summed E-state index contributed by atoms with van der Waals surface area (Å²) in [6.45, 7) is 19.2. The van der Waals surface area contributed by atoms with E-state index in [1.54, 1.807) is 0 Å². The summed E-state index contributed by atoms with van der Waals surface area (Å²) in [5.74, 6) is 0. The monoisotopic (exact) mass is 436 g/mol. The number of benzene rings is 3. The standard InChI is InChI=1S/C16H18.C10H14.CH5P.BH2P/c1-11-5-7-15(9-13(11)3)16-8-6-12(2)14(4)10-16;1-7-5-9(3)10(4)6-8(7)2;2*1-2/h5-10H,1-4H3;5-6H,1-4H3;2H2,1H3;2H2. The lowest BCUT2D eigenvalue weighted by Gasteiger charge is -2.08. The van der Waals surface area contributed by atoms with Gasteiger partial charge in [-0.3, -0.25) is 0 Å². The number of aryl methyl sites for hydroxylation is 8. The third kappa shape index (κ3) is 8.75. The Hall–Kier alpha value is -1.42. The van der Waals surface area contributed by atoms with Crippen LogP contribution >= 0.6 is 18.4 Å². The largest absolute Gasteiger partial charge is 0.187 e. The number of hydrogen-bond acceptors (Lipinski definition) is 0. The van der Waals surface area contributed by atoms with Crippen LogP contribution in [0.1, 0.15) is 44.5 Å². The summed E-state index contributed by atoms with van der Waals surface area (Å²) < 4.78 is 0. The van der Waals surface area contributed by atoms with Gasteiger partial charge in [-0.05, 0) is 111 Å². The molecule has 0 aliphatic heterocycles. The lowest BCUT2D eigenvalue weighted by molar-refractivity contribution is 1.24. The van der Waals surface area contributed by atoms with E-state index in [9.17, 15) is 0 Å². The second-order valence-corrected chi connectivity index (χ2v) is 7.62. The Morgan fingerprint density at radius 2 is 0.633 bits per heavy atom. The zero-order valence-electron chi connectivity index (χ0n) is 20.4. The molecule has 3 heteroatoms. The highest BCUT2D eigenvalue weighted by molar-refractivity contribution is 7.49. The molecule has 0 bridgehead atoms. The van der Waals surface area contributed by atoms with Gasteiger partial charge in [0.25, 0.3) is 0 Å². The molecule has 3 rings (SSSR count). The molecule has 160 valence electrons. The average molecular weight is 436 g/mol. The Morgan fingerprint density at radius 3 is 0.867 bits per heavy atom. The topological polar surface area (TPSA) is 0 Å². The minimum absolute atomic E-state index is 1.31. The average Bonchev–Trinajstić information content (AvgIpc) is 2.74. The van der Waals surface area contributed by atoms with Gasteiger partial charge in [0.15, 0.2) is 0 Å². The van der Waals surface area contributed by atoms with Crippen LogP contribution in [-0.4, -0.2) is 14.2 Å². The second-order valence-electron chi connectivity index (χ2n) is 7.62. The van der Waals surface area contributed by atoms with Gasteiger partial charge >= 0.3 is 0 Å². The first-order valence-electron chi connectivity index (χ1n) is 10.3. The minimum Gasteiger partial charge on any atom is -0.187 e. The molecule has 0 fully saturated rings. The van der Waals surface area contributed by atoms with Gasteiger partial charge < -0.3 is 0 Å². The van der Waals surface area contributed by atoms with Crippen LogP contribution in [0.3, 0.4) is 0 Å². The molecule has 0 spiro atoms. The molecule has 0 aromatic heterocycles. The van der Waals surface area contributed by atoms with Crippen molar-refractivity contribution in [2.75, 3.05) is 6.66 Å². The summed E-state index contributed by atoms with van der Waals surface area (Å²) in [5.41, 5.74) is 13.6. The van der Waals surface area contributed by atoms with Crippen molar-refractivity contribution in [2.24, 2.45) is 0 Å². The van der Waals surface area contributed by atoms with Gasteiger partial charge in [-0.25, -0.2) is 0 Å². The highest BCUT2D eigenvalue weighted by atomic mass is 31.0. The maximum absolute atomic E-state index is 4.42. The summed E-state index contributed by atoms with van der Waals surface area (Å²) in [6, 6.07) is 17.8. The van der Waals surface area contributed by atoms with Crippen molar-refractivity contribution in [3.8, 4) is 11.1 Å².